The maximum atomic E-state index is 12.4. The number of unbranched alkanes of at least 4 members (excludes halogenated alkanes) is 2. The highest BCUT2D eigenvalue weighted by Gasteiger charge is 2.11. The maximum Gasteiger partial charge on any atom is 0.151 e. The zero-order valence-corrected chi connectivity index (χ0v) is 16.7. The van der Waals surface area contributed by atoms with Gasteiger partial charge in [-0.15, -0.1) is 0 Å². The van der Waals surface area contributed by atoms with Crippen LogP contribution in [0.3, 0.4) is 0 Å². The summed E-state index contributed by atoms with van der Waals surface area (Å²) in [4.78, 5) is 9.15. The number of rotatable bonds is 7. The summed E-state index contributed by atoms with van der Waals surface area (Å²) in [5.74, 6) is 1.04. The van der Waals surface area contributed by atoms with E-state index in [4.69, 9.17) is 28.9 Å². The Hall–Kier alpha value is -1.63. The van der Waals surface area contributed by atoms with Crippen LogP contribution >= 0.6 is 23.2 Å². The number of hydrogen-bond donors (Lipinski definition) is 1. The lowest BCUT2D eigenvalue weighted by molar-refractivity contribution is 0.610. The van der Waals surface area contributed by atoms with Gasteiger partial charge in [-0.1, -0.05) is 29.6 Å². The van der Waals surface area contributed by atoms with Gasteiger partial charge >= 0.3 is 0 Å². The highest BCUT2D eigenvalue weighted by Crippen LogP contribution is 2.25. The van der Waals surface area contributed by atoms with Crippen molar-refractivity contribution in [3.8, 4) is 0 Å². The Labute approximate surface area is 165 Å². The lowest BCUT2D eigenvalue weighted by atomic mass is 10.2. The fourth-order valence-corrected chi connectivity index (χ4v) is 4.75. The number of pyridine rings is 1. The molecule has 2 heterocycles. The number of fused-ring (bicyclic) bond motifs is 1. The fraction of sp³-hybridized carbons (Fsp3) is 0.333. The number of nitrogens with zero attached hydrogens (tertiary/aromatic N) is 3. The minimum atomic E-state index is -1.11. The second-order valence-corrected chi connectivity index (χ2v) is 8.53. The van der Waals surface area contributed by atoms with E-state index in [1.807, 2.05) is 6.92 Å². The van der Waals surface area contributed by atoms with Crippen molar-refractivity contribution in [2.24, 2.45) is 0 Å². The highest BCUT2D eigenvalue weighted by atomic mass is 35.5. The summed E-state index contributed by atoms with van der Waals surface area (Å²) in [6.07, 6.45) is 6.38. The smallest absolute Gasteiger partial charge is 0.151 e. The summed E-state index contributed by atoms with van der Waals surface area (Å²) in [5.41, 5.74) is 8.73. The monoisotopic (exact) mass is 410 g/mol. The van der Waals surface area contributed by atoms with Crippen LogP contribution in [-0.4, -0.2) is 24.5 Å². The van der Waals surface area contributed by atoms with Crippen LogP contribution in [0.1, 0.15) is 24.8 Å². The minimum absolute atomic E-state index is 0.458. The van der Waals surface area contributed by atoms with Gasteiger partial charge in [-0.3, -0.25) is 4.21 Å². The molecule has 0 amide bonds. The van der Waals surface area contributed by atoms with Crippen molar-refractivity contribution in [2.75, 3.05) is 11.5 Å². The number of nitrogens with two attached hydrogens (primary N) is 1. The molecule has 5 nitrogen and oxygen atoms in total. The van der Waals surface area contributed by atoms with Crippen LogP contribution in [0.5, 0.6) is 0 Å². The molecule has 0 aliphatic rings. The third-order valence-electron chi connectivity index (χ3n) is 4.22. The molecule has 0 saturated heterocycles. The molecule has 1 atom stereocenters. The molecule has 8 heteroatoms. The molecule has 138 valence electrons. The summed E-state index contributed by atoms with van der Waals surface area (Å²) in [6, 6.07) is 5.08. The van der Waals surface area contributed by atoms with Gasteiger partial charge in [-0.25, -0.2) is 9.97 Å². The Kier molecular flexibility index (Phi) is 6.16. The predicted octanol–water partition coefficient (Wildman–Crippen LogP) is 4.61. The number of benzene rings is 1. The summed E-state index contributed by atoms with van der Waals surface area (Å²) in [7, 11) is -1.11. The van der Waals surface area contributed by atoms with Crippen molar-refractivity contribution in [2.45, 2.75) is 37.6 Å². The number of aryl methyl sites for hydroxylation is 2. The third kappa shape index (κ3) is 4.19. The second-order valence-electron chi connectivity index (χ2n) is 6.15. The first-order chi connectivity index (χ1) is 12.5. The molecular formula is C18H20Cl2N4OS. The molecule has 1 aromatic carbocycles. The molecule has 0 bridgehead atoms. The Morgan fingerprint density at radius 2 is 2.00 bits per heavy atom. The quantitative estimate of drug-likeness (QED) is 0.577. The van der Waals surface area contributed by atoms with Crippen LogP contribution < -0.4 is 5.73 Å². The normalized spacial score (nSPS) is 12.6. The Morgan fingerprint density at radius 1 is 1.19 bits per heavy atom. The number of aromatic nitrogens is 3. The van der Waals surface area contributed by atoms with Crippen molar-refractivity contribution in [3.05, 3.63) is 46.3 Å². The van der Waals surface area contributed by atoms with Gasteiger partial charge in [-0.2, -0.15) is 0 Å². The molecule has 0 fully saturated rings. The molecule has 26 heavy (non-hydrogen) atoms. The predicted molar refractivity (Wildman–Crippen MR) is 108 cm³/mol. The highest BCUT2D eigenvalue weighted by molar-refractivity contribution is 7.85. The Bertz CT molecular complexity index is 958. The molecule has 0 spiro atoms. The molecule has 0 aliphatic carbocycles. The van der Waals surface area contributed by atoms with Gasteiger partial charge in [0, 0.05) is 23.5 Å². The number of anilines is 1. The van der Waals surface area contributed by atoms with Crippen LogP contribution in [0.2, 0.25) is 10.0 Å². The standard InChI is InChI=1S/C18H20Cl2N4OS/c1-12-10-22-18(21)16-17(12)24(11-23-16)7-3-2-4-8-26(25)15-6-5-13(19)9-14(15)20/h5-6,9-11H,2-4,7-8H2,1H3,(H2,21,22). The van der Waals surface area contributed by atoms with Crippen molar-refractivity contribution >= 4 is 50.9 Å². The molecule has 0 saturated carbocycles. The van der Waals surface area contributed by atoms with Crippen molar-refractivity contribution < 1.29 is 4.21 Å². The van der Waals surface area contributed by atoms with Crippen LogP contribution in [0.25, 0.3) is 11.0 Å². The van der Waals surface area contributed by atoms with E-state index in [2.05, 4.69) is 14.5 Å². The van der Waals surface area contributed by atoms with Crippen LogP contribution in [0.4, 0.5) is 5.82 Å². The van der Waals surface area contributed by atoms with Crippen LogP contribution in [0, 0.1) is 6.92 Å². The average molecular weight is 411 g/mol. The Morgan fingerprint density at radius 3 is 2.77 bits per heavy atom. The van der Waals surface area contributed by atoms with E-state index < -0.39 is 10.8 Å². The van der Waals surface area contributed by atoms with E-state index in [-0.39, 0.29) is 0 Å². The zero-order chi connectivity index (χ0) is 18.7. The molecule has 0 aliphatic heterocycles. The maximum absolute atomic E-state index is 12.4. The van der Waals surface area contributed by atoms with Crippen LogP contribution in [0.15, 0.2) is 35.6 Å². The van der Waals surface area contributed by atoms with Crippen LogP contribution in [-0.2, 0) is 17.3 Å². The molecule has 3 rings (SSSR count). The van der Waals surface area contributed by atoms with Gasteiger partial charge in [-0.05, 0) is 43.5 Å². The van der Waals surface area contributed by atoms with E-state index in [0.717, 1.165) is 42.4 Å². The second kappa shape index (κ2) is 8.37. The average Bonchev–Trinajstić information content (AvgIpc) is 3.03. The minimum Gasteiger partial charge on any atom is -0.382 e. The van der Waals surface area contributed by atoms with Gasteiger partial charge in [0.15, 0.2) is 5.82 Å². The molecule has 1 unspecified atom stereocenters. The number of nitrogen functional groups attached to an aromatic ring is 1. The lowest BCUT2D eigenvalue weighted by Gasteiger charge is -2.08. The molecule has 2 aromatic heterocycles. The summed E-state index contributed by atoms with van der Waals surface area (Å²) >= 11 is 12.0. The van der Waals surface area contributed by atoms with Gasteiger partial charge in [0.2, 0.25) is 0 Å². The lowest BCUT2D eigenvalue weighted by Crippen LogP contribution is -2.02. The number of hydrogen-bond acceptors (Lipinski definition) is 4. The third-order valence-corrected chi connectivity index (χ3v) is 6.39. The first-order valence-electron chi connectivity index (χ1n) is 8.36. The molecular weight excluding hydrogens is 391 g/mol. The van der Waals surface area contributed by atoms with Crippen molar-refractivity contribution in [1.82, 2.24) is 14.5 Å². The summed E-state index contributed by atoms with van der Waals surface area (Å²) < 4.78 is 14.5. The molecule has 0 radical (unpaired) electrons. The van der Waals surface area contributed by atoms with Gasteiger partial charge in [0.05, 0.1) is 32.6 Å². The zero-order valence-electron chi connectivity index (χ0n) is 14.4. The molecule has 3 aromatic rings. The van der Waals surface area contributed by atoms with Gasteiger partial charge < -0.3 is 10.3 Å². The first kappa shape index (κ1) is 19.1. The SMILES string of the molecule is Cc1cnc(N)c2ncn(CCCCCS(=O)c3ccc(Cl)cc3Cl)c12. The van der Waals surface area contributed by atoms with Crippen molar-refractivity contribution in [1.29, 1.82) is 0 Å². The van der Waals surface area contributed by atoms with Crippen molar-refractivity contribution in [3.63, 3.8) is 0 Å². The van der Waals surface area contributed by atoms with E-state index >= 15 is 0 Å². The van der Waals surface area contributed by atoms with Gasteiger partial charge in [0.25, 0.3) is 0 Å². The number of halogens is 2. The topological polar surface area (TPSA) is 73.8 Å². The fourth-order valence-electron chi connectivity index (χ4n) is 2.90. The first-order valence-corrected chi connectivity index (χ1v) is 10.4. The van der Waals surface area contributed by atoms with E-state index in [1.165, 1.54) is 0 Å². The van der Waals surface area contributed by atoms with E-state index in [9.17, 15) is 4.21 Å². The summed E-state index contributed by atoms with van der Waals surface area (Å²) in [5, 5.41) is 1.01. The summed E-state index contributed by atoms with van der Waals surface area (Å²) in [6.45, 7) is 2.85. The molecule has 2 N–H and O–H groups in total. The Balaban J connectivity index is 1.52. The largest absolute Gasteiger partial charge is 0.382 e. The van der Waals surface area contributed by atoms with E-state index in [1.54, 1.807) is 30.7 Å². The van der Waals surface area contributed by atoms with Gasteiger partial charge in [0.1, 0.15) is 5.52 Å². The number of imidazole rings is 1. The van der Waals surface area contributed by atoms with E-state index in [0.29, 0.717) is 26.5 Å².